The SMILES string of the molecule is CC(C)c1ccc(N)cc1S(=O)(=O)O. The van der Waals surface area contributed by atoms with Gasteiger partial charge in [-0.25, -0.2) is 0 Å². The highest BCUT2D eigenvalue weighted by molar-refractivity contribution is 7.85. The molecule has 0 fully saturated rings. The molecule has 0 amide bonds. The Morgan fingerprint density at radius 1 is 1.36 bits per heavy atom. The molecule has 0 heterocycles. The lowest BCUT2D eigenvalue weighted by atomic mass is 10.0. The highest BCUT2D eigenvalue weighted by Gasteiger charge is 2.17. The number of nitrogens with two attached hydrogens (primary N) is 1. The van der Waals surface area contributed by atoms with Gasteiger partial charge in [0.2, 0.25) is 0 Å². The van der Waals surface area contributed by atoms with E-state index in [-0.39, 0.29) is 10.8 Å². The van der Waals surface area contributed by atoms with E-state index in [0.717, 1.165) is 0 Å². The van der Waals surface area contributed by atoms with Crippen molar-refractivity contribution in [3.05, 3.63) is 23.8 Å². The van der Waals surface area contributed by atoms with Crippen molar-refractivity contribution in [2.45, 2.75) is 24.7 Å². The molecule has 0 saturated carbocycles. The van der Waals surface area contributed by atoms with Crippen LogP contribution < -0.4 is 5.73 Å². The molecule has 78 valence electrons. The van der Waals surface area contributed by atoms with E-state index < -0.39 is 10.1 Å². The predicted molar refractivity (Wildman–Crippen MR) is 54.8 cm³/mol. The second kappa shape index (κ2) is 3.59. The fourth-order valence-corrected chi connectivity index (χ4v) is 2.14. The summed E-state index contributed by atoms with van der Waals surface area (Å²) < 4.78 is 31.0. The molecule has 0 bridgehead atoms. The molecule has 0 spiro atoms. The molecule has 0 aliphatic rings. The number of nitrogen functional groups attached to an aromatic ring is 1. The van der Waals surface area contributed by atoms with Gasteiger partial charge in [0.1, 0.15) is 0 Å². The van der Waals surface area contributed by atoms with Gasteiger partial charge < -0.3 is 5.73 Å². The molecule has 0 aliphatic carbocycles. The lowest BCUT2D eigenvalue weighted by Crippen LogP contribution is -2.05. The molecule has 1 aromatic rings. The van der Waals surface area contributed by atoms with Crippen LogP contribution >= 0.6 is 0 Å². The van der Waals surface area contributed by atoms with Gasteiger partial charge in [-0.3, -0.25) is 4.55 Å². The summed E-state index contributed by atoms with van der Waals surface area (Å²) in [6.07, 6.45) is 0. The molecule has 5 heteroatoms. The highest BCUT2D eigenvalue weighted by atomic mass is 32.2. The Hall–Kier alpha value is -1.07. The van der Waals surface area contributed by atoms with E-state index in [1.807, 2.05) is 13.8 Å². The van der Waals surface area contributed by atoms with Crippen LogP contribution in [0.1, 0.15) is 25.3 Å². The van der Waals surface area contributed by atoms with E-state index in [1.54, 1.807) is 12.1 Å². The van der Waals surface area contributed by atoms with Gasteiger partial charge in [0.05, 0.1) is 4.90 Å². The molecule has 0 radical (unpaired) electrons. The summed E-state index contributed by atoms with van der Waals surface area (Å²) in [5.74, 6) is 0.0209. The zero-order chi connectivity index (χ0) is 10.9. The Morgan fingerprint density at radius 3 is 2.36 bits per heavy atom. The van der Waals surface area contributed by atoms with Gasteiger partial charge in [-0.1, -0.05) is 19.9 Å². The van der Waals surface area contributed by atoms with Crippen LogP contribution in [0, 0.1) is 0 Å². The van der Waals surface area contributed by atoms with Gasteiger partial charge in [0, 0.05) is 5.69 Å². The number of hydrogen-bond donors (Lipinski definition) is 2. The molecule has 1 rings (SSSR count). The molecule has 1 aromatic carbocycles. The largest absolute Gasteiger partial charge is 0.399 e. The monoisotopic (exact) mass is 215 g/mol. The number of benzene rings is 1. The zero-order valence-electron chi connectivity index (χ0n) is 8.06. The van der Waals surface area contributed by atoms with Crippen LogP contribution in [-0.2, 0) is 10.1 Å². The molecule has 0 atom stereocenters. The Labute approximate surface area is 83.5 Å². The first kappa shape index (κ1) is 11.0. The molecule has 3 N–H and O–H groups in total. The maximum atomic E-state index is 11.0. The van der Waals surface area contributed by atoms with Crippen molar-refractivity contribution in [3.8, 4) is 0 Å². The third-order valence-corrected chi connectivity index (χ3v) is 2.85. The van der Waals surface area contributed by atoms with Crippen molar-refractivity contribution in [1.29, 1.82) is 0 Å². The first-order chi connectivity index (χ1) is 6.32. The summed E-state index contributed by atoms with van der Waals surface area (Å²) in [4.78, 5) is -0.104. The third kappa shape index (κ3) is 2.24. The molecule has 0 aromatic heterocycles. The summed E-state index contributed by atoms with van der Waals surface area (Å²) in [6.45, 7) is 3.69. The second-order valence-corrected chi connectivity index (χ2v) is 4.82. The Morgan fingerprint density at radius 2 is 1.93 bits per heavy atom. The van der Waals surface area contributed by atoms with Crippen molar-refractivity contribution >= 4 is 15.8 Å². The van der Waals surface area contributed by atoms with Gasteiger partial charge in [-0.2, -0.15) is 8.42 Å². The Bertz CT molecular complexity index is 437. The van der Waals surface area contributed by atoms with Crippen LogP contribution in [0.3, 0.4) is 0 Å². The van der Waals surface area contributed by atoms with Crippen molar-refractivity contribution < 1.29 is 13.0 Å². The van der Waals surface area contributed by atoms with Crippen LogP contribution in [0.15, 0.2) is 23.1 Å². The average Bonchev–Trinajstić information content (AvgIpc) is 2.01. The summed E-state index contributed by atoms with van der Waals surface area (Å²) in [7, 11) is -4.18. The Balaban J connectivity index is 3.46. The van der Waals surface area contributed by atoms with E-state index in [1.165, 1.54) is 6.07 Å². The van der Waals surface area contributed by atoms with Crippen LogP contribution in [0.2, 0.25) is 0 Å². The van der Waals surface area contributed by atoms with E-state index in [0.29, 0.717) is 11.3 Å². The van der Waals surface area contributed by atoms with Gasteiger partial charge >= 0.3 is 0 Å². The quantitative estimate of drug-likeness (QED) is 0.580. The smallest absolute Gasteiger partial charge is 0.294 e. The van der Waals surface area contributed by atoms with Gasteiger partial charge in [0.15, 0.2) is 0 Å². The molecule has 0 unspecified atom stereocenters. The van der Waals surface area contributed by atoms with Crippen molar-refractivity contribution in [1.82, 2.24) is 0 Å². The minimum Gasteiger partial charge on any atom is -0.399 e. The van der Waals surface area contributed by atoms with Crippen molar-refractivity contribution in [2.24, 2.45) is 0 Å². The normalized spacial score (nSPS) is 12.0. The molecular weight excluding hydrogens is 202 g/mol. The van der Waals surface area contributed by atoms with Gasteiger partial charge in [-0.05, 0) is 23.6 Å². The van der Waals surface area contributed by atoms with E-state index >= 15 is 0 Å². The van der Waals surface area contributed by atoms with E-state index in [9.17, 15) is 8.42 Å². The van der Waals surface area contributed by atoms with E-state index in [2.05, 4.69) is 0 Å². The van der Waals surface area contributed by atoms with Crippen molar-refractivity contribution in [2.75, 3.05) is 5.73 Å². The summed E-state index contributed by atoms with van der Waals surface area (Å²) in [5, 5.41) is 0. The Kier molecular flexibility index (Phi) is 2.82. The zero-order valence-corrected chi connectivity index (χ0v) is 8.88. The maximum absolute atomic E-state index is 11.0. The standard InChI is InChI=1S/C9H13NO3S/c1-6(2)8-4-3-7(10)5-9(8)14(11,12)13/h3-6H,10H2,1-2H3,(H,11,12,13). The first-order valence-corrected chi connectivity index (χ1v) is 5.63. The summed E-state index contributed by atoms with van der Waals surface area (Å²) >= 11 is 0. The second-order valence-electron chi connectivity index (χ2n) is 3.43. The van der Waals surface area contributed by atoms with Crippen LogP contribution in [0.4, 0.5) is 5.69 Å². The lowest BCUT2D eigenvalue weighted by Gasteiger charge is -2.10. The fraction of sp³-hybridized carbons (Fsp3) is 0.333. The predicted octanol–water partition coefficient (Wildman–Crippen LogP) is 1.64. The number of anilines is 1. The fourth-order valence-electron chi connectivity index (χ4n) is 1.25. The average molecular weight is 215 g/mol. The topological polar surface area (TPSA) is 80.4 Å². The van der Waals surface area contributed by atoms with Gasteiger partial charge in [0.25, 0.3) is 10.1 Å². The van der Waals surface area contributed by atoms with E-state index in [4.69, 9.17) is 10.3 Å². The minimum absolute atomic E-state index is 0.0209. The molecule has 4 nitrogen and oxygen atoms in total. The summed E-state index contributed by atoms with van der Waals surface area (Å²) in [6, 6.07) is 4.50. The maximum Gasteiger partial charge on any atom is 0.294 e. The van der Waals surface area contributed by atoms with Crippen molar-refractivity contribution in [3.63, 3.8) is 0 Å². The van der Waals surface area contributed by atoms with Crippen LogP contribution in [-0.4, -0.2) is 13.0 Å². The lowest BCUT2D eigenvalue weighted by molar-refractivity contribution is 0.481. The molecule has 0 aliphatic heterocycles. The number of hydrogen-bond acceptors (Lipinski definition) is 3. The molecule has 0 saturated heterocycles. The number of rotatable bonds is 2. The van der Waals surface area contributed by atoms with Gasteiger partial charge in [-0.15, -0.1) is 0 Å². The first-order valence-electron chi connectivity index (χ1n) is 4.19. The highest BCUT2D eigenvalue weighted by Crippen LogP contribution is 2.25. The molecular formula is C9H13NO3S. The minimum atomic E-state index is -4.18. The van der Waals surface area contributed by atoms with Crippen LogP contribution in [0.25, 0.3) is 0 Å². The third-order valence-electron chi connectivity index (χ3n) is 1.94. The van der Waals surface area contributed by atoms with Crippen LogP contribution in [0.5, 0.6) is 0 Å². The summed E-state index contributed by atoms with van der Waals surface area (Å²) in [5.41, 5.74) is 6.34. The molecule has 14 heavy (non-hydrogen) atoms.